The molecule has 1 aliphatic rings. The van der Waals surface area contributed by atoms with Crippen molar-refractivity contribution in [2.45, 2.75) is 6.10 Å². The average molecular weight is 392 g/mol. The molecule has 27 heavy (non-hydrogen) atoms. The number of methoxy groups -OCH3 is 1. The van der Waals surface area contributed by atoms with Gasteiger partial charge < -0.3 is 24.3 Å². The van der Waals surface area contributed by atoms with E-state index in [9.17, 15) is 9.59 Å². The van der Waals surface area contributed by atoms with Crippen molar-refractivity contribution < 1.29 is 28.5 Å². The first kappa shape index (κ1) is 18.8. The summed E-state index contributed by atoms with van der Waals surface area (Å²) in [4.78, 5) is 24.1. The number of carbonyl (C=O) groups is 2. The van der Waals surface area contributed by atoms with Crippen molar-refractivity contribution in [1.82, 2.24) is 5.32 Å². The van der Waals surface area contributed by atoms with E-state index in [1.807, 2.05) is 18.2 Å². The Labute approximate surface area is 161 Å². The van der Waals surface area contributed by atoms with Crippen molar-refractivity contribution >= 4 is 23.5 Å². The molecule has 142 valence electrons. The van der Waals surface area contributed by atoms with E-state index in [0.717, 1.165) is 0 Å². The van der Waals surface area contributed by atoms with Crippen LogP contribution in [0.2, 0.25) is 5.02 Å². The predicted octanol–water partition coefficient (Wildman–Crippen LogP) is 2.46. The summed E-state index contributed by atoms with van der Waals surface area (Å²) >= 11 is 5.88. The summed E-state index contributed by atoms with van der Waals surface area (Å²) in [5.41, 5.74) is 0.151. The lowest BCUT2D eigenvalue weighted by Crippen LogP contribution is -2.42. The highest BCUT2D eigenvalue weighted by Crippen LogP contribution is 2.30. The van der Waals surface area contributed by atoms with Crippen LogP contribution < -0.4 is 19.5 Å². The van der Waals surface area contributed by atoms with Crippen molar-refractivity contribution in [1.29, 1.82) is 0 Å². The maximum Gasteiger partial charge on any atom is 0.342 e. The van der Waals surface area contributed by atoms with Crippen LogP contribution in [-0.4, -0.2) is 44.8 Å². The van der Waals surface area contributed by atoms with Gasteiger partial charge in [-0.3, -0.25) is 4.79 Å². The van der Waals surface area contributed by atoms with Crippen molar-refractivity contribution in [2.75, 3.05) is 26.9 Å². The highest BCUT2D eigenvalue weighted by Gasteiger charge is 2.21. The van der Waals surface area contributed by atoms with Crippen LogP contribution in [0.1, 0.15) is 10.4 Å². The molecule has 0 bridgehead atoms. The number of ether oxygens (including phenoxy) is 4. The van der Waals surface area contributed by atoms with Crippen LogP contribution in [0.15, 0.2) is 42.5 Å². The average Bonchev–Trinajstić information content (AvgIpc) is 2.70. The van der Waals surface area contributed by atoms with E-state index in [4.69, 9.17) is 30.5 Å². The molecule has 0 unspecified atom stereocenters. The zero-order valence-electron chi connectivity index (χ0n) is 14.6. The first-order chi connectivity index (χ1) is 13.1. The second-order valence-electron chi connectivity index (χ2n) is 5.72. The Morgan fingerprint density at radius 2 is 2.00 bits per heavy atom. The van der Waals surface area contributed by atoms with Gasteiger partial charge in [0, 0.05) is 5.02 Å². The molecule has 1 heterocycles. The lowest BCUT2D eigenvalue weighted by atomic mass is 10.2. The number of carbonyl (C=O) groups excluding carboxylic acids is 2. The number of esters is 1. The Balaban J connectivity index is 1.46. The molecule has 0 aromatic heterocycles. The highest BCUT2D eigenvalue weighted by molar-refractivity contribution is 6.31. The molecule has 2 aromatic carbocycles. The molecule has 8 heteroatoms. The molecule has 7 nitrogen and oxygen atoms in total. The third-order valence-corrected chi connectivity index (χ3v) is 4.05. The molecule has 3 rings (SSSR count). The maximum atomic E-state index is 12.1. The third-order valence-electron chi connectivity index (χ3n) is 3.81. The predicted molar refractivity (Wildman–Crippen MR) is 97.6 cm³/mol. The molecule has 0 radical (unpaired) electrons. The number of fused-ring (bicyclic) bond motifs is 1. The van der Waals surface area contributed by atoms with Crippen molar-refractivity contribution in [3.63, 3.8) is 0 Å². The molecule has 1 amide bonds. The minimum Gasteiger partial charge on any atom is -0.496 e. The van der Waals surface area contributed by atoms with E-state index >= 15 is 0 Å². The van der Waals surface area contributed by atoms with Gasteiger partial charge in [-0.25, -0.2) is 4.79 Å². The Morgan fingerprint density at radius 1 is 1.22 bits per heavy atom. The zero-order valence-corrected chi connectivity index (χ0v) is 15.3. The summed E-state index contributed by atoms with van der Waals surface area (Å²) in [5.74, 6) is 0.464. The third kappa shape index (κ3) is 4.83. The molecule has 1 N–H and O–H groups in total. The monoisotopic (exact) mass is 391 g/mol. The Hall–Kier alpha value is -2.93. The van der Waals surface area contributed by atoms with Gasteiger partial charge in [0.15, 0.2) is 18.1 Å². The Bertz CT molecular complexity index is 841. The molecule has 0 fully saturated rings. The van der Waals surface area contributed by atoms with E-state index in [0.29, 0.717) is 28.9 Å². The van der Waals surface area contributed by atoms with Gasteiger partial charge in [0.05, 0.1) is 13.7 Å². The largest absolute Gasteiger partial charge is 0.496 e. The first-order valence-corrected chi connectivity index (χ1v) is 8.60. The Kier molecular flexibility index (Phi) is 6.03. The smallest absolute Gasteiger partial charge is 0.342 e. The van der Waals surface area contributed by atoms with Gasteiger partial charge in [-0.2, -0.15) is 0 Å². The molecule has 0 saturated heterocycles. The topological polar surface area (TPSA) is 83.1 Å². The molecular weight excluding hydrogens is 374 g/mol. The summed E-state index contributed by atoms with van der Waals surface area (Å²) in [6.07, 6.45) is -0.326. The quantitative estimate of drug-likeness (QED) is 0.762. The van der Waals surface area contributed by atoms with Crippen molar-refractivity contribution in [2.24, 2.45) is 0 Å². The number of amides is 1. The fourth-order valence-corrected chi connectivity index (χ4v) is 2.66. The number of para-hydroxylation sites is 2. The van der Waals surface area contributed by atoms with Gasteiger partial charge >= 0.3 is 5.97 Å². The SMILES string of the molecule is COc1ccc(Cl)cc1C(=O)OCC(=O)NC[C@@H]1COc2ccccc2O1. The second kappa shape index (κ2) is 8.64. The summed E-state index contributed by atoms with van der Waals surface area (Å²) in [6.45, 7) is 0.112. The van der Waals surface area contributed by atoms with E-state index in [2.05, 4.69) is 5.32 Å². The highest BCUT2D eigenvalue weighted by atomic mass is 35.5. The number of hydrogen-bond acceptors (Lipinski definition) is 6. The zero-order chi connectivity index (χ0) is 19.2. The number of benzene rings is 2. The molecule has 0 aliphatic carbocycles. The van der Waals surface area contributed by atoms with Crippen LogP contribution in [0.25, 0.3) is 0 Å². The minimum absolute atomic E-state index is 0.151. The van der Waals surface area contributed by atoms with Gasteiger partial charge in [-0.1, -0.05) is 23.7 Å². The van der Waals surface area contributed by atoms with Crippen LogP contribution in [0.5, 0.6) is 17.2 Å². The Morgan fingerprint density at radius 3 is 2.78 bits per heavy atom. The van der Waals surface area contributed by atoms with Crippen LogP contribution >= 0.6 is 11.6 Å². The molecule has 1 atom stereocenters. The summed E-state index contributed by atoms with van der Waals surface area (Å²) in [7, 11) is 1.43. The van der Waals surface area contributed by atoms with E-state index in [1.54, 1.807) is 18.2 Å². The van der Waals surface area contributed by atoms with Crippen molar-refractivity contribution in [3.05, 3.63) is 53.1 Å². The van der Waals surface area contributed by atoms with Crippen LogP contribution in [0.3, 0.4) is 0 Å². The van der Waals surface area contributed by atoms with Crippen LogP contribution in [-0.2, 0) is 9.53 Å². The summed E-state index contributed by atoms with van der Waals surface area (Å²) in [5, 5.41) is 3.01. The first-order valence-electron chi connectivity index (χ1n) is 8.22. The van der Waals surface area contributed by atoms with Crippen LogP contribution in [0, 0.1) is 0 Å². The van der Waals surface area contributed by atoms with Crippen LogP contribution in [0.4, 0.5) is 0 Å². The summed E-state index contributed by atoms with van der Waals surface area (Å²) < 4.78 is 21.4. The number of halogens is 1. The molecule has 0 spiro atoms. The van der Waals surface area contributed by atoms with Gasteiger partial charge in [-0.15, -0.1) is 0 Å². The van der Waals surface area contributed by atoms with Gasteiger partial charge in [0.1, 0.15) is 24.0 Å². The van der Waals surface area contributed by atoms with E-state index < -0.39 is 18.5 Å². The molecule has 1 aliphatic heterocycles. The number of rotatable bonds is 6. The van der Waals surface area contributed by atoms with Crippen molar-refractivity contribution in [3.8, 4) is 17.2 Å². The minimum atomic E-state index is -0.698. The lowest BCUT2D eigenvalue weighted by Gasteiger charge is -2.26. The summed E-state index contributed by atoms with van der Waals surface area (Å²) in [6, 6.07) is 11.9. The number of hydrogen-bond donors (Lipinski definition) is 1. The fraction of sp³-hybridized carbons (Fsp3) is 0.263. The second-order valence-corrected chi connectivity index (χ2v) is 6.16. The number of nitrogens with one attached hydrogen (secondary N) is 1. The molecule has 2 aromatic rings. The normalized spacial score (nSPS) is 15.0. The van der Waals surface area contributed by atoms with E-state index in [1.165, 1.54) is 13.2 Å². The van der Waals surface area contributed by atoms with E-state index in [-0.39, 0.29) is 18.2 Å². The fourth-order valence-electron chi connectivity index (χ4n) is 2.49. The molecule has 0 saturated carbocycles. The lowest BCUT2D eigenvalue weighted by molar-refractivity contribution is -0.124. The maximum absolute atomic E-state index is 12.1. The van der Waals surface area contributed by atoms with Gasteiger partial charge in [0.2, 0.25) is 0 Å². The molecular formula is C19H18ClNO6. The standard InChI is InChI=1S/C19H18ClNO6/c1-24-15-7-6-12(20)8-14(15)19(23)26-11-18(22)21-9-13-10-25-16-4-2-3-5-17(16)27-13/h2-8,13H,9-11H2,1H3,(H,21,22)/t13-/m1/s1. The van der Waals surface area contributed by atoms with Gasteiger partial charge in [-0.05, 0) is 30.3 Å². The van der Waals surface area contributed by atoms with Gasteiger partial charge in [0.25, 0.3) is 5.91 Å².